The number of alkyl halides is 6. The number of Topliss-reactive ketones (excluding diaryl/α,β-unsaturated/α-hetero) is 2. The molecule has 126 valence electrons. The molecule has 0 unspecified atom stereocenters. The van der Waals surface area contributed by atoms with Gasteiger partial charge < -0.3 is 0 Å². The number of halogens is 6. The molecule has 22 heavy (non-hydrogen) atoms. The fourth-order valence-corrected chi connectivity index (χ4v) is 1.33. The predicted molar refractivity (Wildman–Crippen MR) is 67.3 cm³/mol. The van der Waals surface area contributed by atoms with E-state index in [0.29, 0.717) is 0 Å². The van der Waals surface area contributed by atoms with Crippen LogP contribution in [0.2, 0.25) is 0 Å². The highest BCUT2D eigenvalue weighted by atomic mass is 19.4. The Morgan fingerprint density at radius 1 is 0.727 bits per heavy atom. The molecule has 0 aliphatic heterocycles. The van der Waals surface area contributed by atoms with E-state index in [1.54, 1.807) is 0 Å². The van der Waals surface area contributed by atoms with Gasteiger partial charge in [-0.25, -0.2) is 0 Å². The van der Waals surface area contributed by atoms with Gasteiger partial charge in [0, 0.05) is 0 Å². The van der Waals surface area contributed by atoms with Gasteiger partial charge >= 0.3 is 12.4 Å². The van der Waals surface area contributed by atoms with Crippen LogP contribution in [0.5, 0.6) is 0 Å². The molecule has 0 aromatic heterocycles. The molecule has 0 aliphatic carbocycles. The van der Waals surface area contributed by atoms with Crippen molar-refractivity contribution in [2.24, 2.45) is 9.98 Å². The van der Waals surface area contributed by atoms with Crippen LogP contribution in [0.4, 0.5) is 26.3 Å². The van der Waals surface area contributed by atoms with Gasteiger partial charge in [-0.2, -0.15) is 26.3 Å². The molecule has 0 amide bonds. The average molecular weight is 332 g/mol. The Kier molecular flexibility index (Phi) is 7.41. The lowest BCUT2D eigenvalue weighted by atomic mass is 10.2. The molecule has 0 fully saturated rings. The standard InChI is InChI=1S/C12H14F6N2O2/c1-7(21)5-9(11(13,14)15)19-3-4-20-10(6-8(2)22)12(16,17)18/h3-6H2,1-2H3. The molecule has 0 aliphatic rings. The summed E-state index contributed by atoms with van der Waals surface area (Å²) in [6, 6.07) is 0. The summed E-state index contributed by atoms with van der Waals surface area (Å²) in [4.78, 5) is 27.6. The van der Waals surface area contributed by atoms with Crippen molar-refractivity contribution in [2.45, 2.75) is 39.0 Å². The maximum absolute atomic E-state index is 12.5. The second kappa shape index (κ2) is 8.04. The Morgan fingerprint density at radius 2 is 1.00 bits per heavy atom. The van der Waals surface area contributed by atoms with Crippen LogP contribution in [-0.2, 0) is 9.59 Å². The molecule has 0 radical (unpaired) electrons. The Labute approximate surface area is 122 Å². The first-order valence-electron chi connectivity index (χ1n) is 6.04. The summed E-state index contributed by atoms with van der Waals surface area (Å²) in [7, 11) is 0. The number of rotatable bonds is 7. The Balaban J connectivity index is 4.94. The molecule has 4 nitrogen and oxygen atoms in total. The molecule has 10 heteroatoms. The highest BCUT2D eigenvalue weighted by Crippen LogP contribution is 2.21. The minimum atomic E-state index is -4.83. The second-order valence-electron chi connectivity index (χ2n) is 4.41. The lowest BCUT2D eigenvalue weighted by molar-refractivity contribution is -0.117. The van der Waals surface area contributed by atoms with E-state index in [9.17, 15) is 35.9 Å². The third-order valence-electron chi connectivity index (χ3n) is 2.19. The van der Waals surface area contributed by atoms with E-state index >= 15 is 0 Å². The Hall–Kier alpha value is -1.74. The van der Waals surface area contributed by atoms with Crippen LogP contribution in [-0.4, -0.2) is 48.4 Å². The van der Waals surface area contributed by atoms with Crippen molar-refractivity contribution < 1.29 is 35.9 Å². The molecule has 0 saturated heterocycles. The van der Waals surface area contributed by atoms with Gasteiger partial charge in [-0.1, -0.05) is 0 Å². The van der Waals surface area contributed by atoms with Crippen molar-refractivity contribution in [3.63, 3.8) is 0 Å². The summed E-state index contributed by atoms with van der Waals surface area (Å²) in [5.41, 5.74) is -2.73. The third kappa shape index (κ3) is 8.53. The zero-order valence-corrected chi connectivity index (χ0v) is 11.8. The zero-order chi connectivity index (χ0) is 17.6. The van der Waals surface area contributed by atoms with Gasteiger partial charge in [-0.05, 0) is 13.8 Å². The number of aliphatic imine (C=N–C) groups is 2. The summed E-state index contributed by atoms with van der Waals surface area (Å²) in [5.74, 6) is -1.54. The molecule has 0 bridgehead atoms. The highest BCUT2D eigenvalue weighted by molar-refractivity contribution is 6.04. The van der Waals surface area contributed by atoms with Gasteiger partial charge in [-0.15, -0.1) is 0 Å². The van der Waals surface area contributed by atoms with E-state index in [2.05, 4.69) is 9.98 Å². The summed E-state index contributed by atoms with van der Waals surface area (Å²) < 4.78 is 74.9. The number of hydrogen-bond donors (Lipinski definition) is 0. The van der Waals surface area contributed by atoms with Crippen LogP contribution in [0.3, 0.4) is 0 Å². The van der Waals surface area contributed by atoms with Crippen molar-refractivity contribution in [1.82, 2.24) is 0 Å². The lowest BCUT2D eigenvalue weighted by Crippen LogP contribution is -2.27. The van der Waals surface area contributed by atoms with Crippen molar-refractivity contribution in [3.8, 4) is 0 Å². The van der Waals surface area contributed by atoms with Crippen LogP contribution >= 0.6 is 0 Å². The van der Waals surface area contributed by atoms with Crippen LogP contribution in [0.25, 0.3) is 0 Å². The van der Waals surface area contributed by atoms with Gasteiger partial charge in [0.2, 0.25) is 0 Å². The average Bonchev–Trinajstić information content (AvgIpc) is 2.27. The van der Waals surface area contributed by atoms with Gasteiger partial charge in [0.25, 0.3) is 0 Å². The van der Waals surface area contributed by atoms with E-state index in [4.69, 9.17) is 0 Å². The van der Waals surface area contributed by atoms with E-state index in [0.717, 1.165) is 13.8 Å². The Bertz CT molecular complexity index is 433. The van der Waals surface area contributed by atoms with Crippen molar-refractivity contribution in [2.75, 3.05) is 13.1 Å². The molecule has 0 atom stereocenters. The van der Waals surface area contributed by atoms with Crippen LogP contribution in [0.1, 0.15) is 26.7 Å². The van der Waals surface area contributed by atoms with Crippen molar-refractivity contribution >= 4 is 23.0 Å². The van der Waals surface area contributed by atoms with Crippen LogP contribution in [0, 0.1) is 0 Å². The fourth-order valence-electron chi connectivity index (χ4n) is 1.33. The van der Waals surface area contributed by atoms with E-state index in [1.807, 2.05) is 0 Å². The smallest absolute Gasteiger partial charge is 0.300 e. The SMILES string of the molecule is CC(=O)CC(=NCCN=C(CC(C)=O)C(F)(F)F)C(F)(F)F. The monoisotopic (exact) mass is 332 g/mol. The van der Waals surface area contributed by atoms with Gasteiger partial charge in [0.15, 0.2) is 0 Å². The molecule has 0 aromatic rings. The first-order valence-corrected chi connectivity index (χ1v) is 6.04. The molecular weight excluding hydrogens is 318 g/mol. The zero-order valence-electron chi connectivity index (χ0n) is 11.8. The molecular formula is C12H14F6N2O2. The first kappa shape index (κ1) is 20.3. The summed E-state index contributed by atoms with van der Waals surface area (Å²) in [5, 5.41) is 0. The molecule has 0 heterocycles. The number of carbonyl (C=O) groups is 2. The molecule has 0 saturated carbocycles. The van der Waals surface area contributed by atoms with E-state index < -0.39 is 61.3 Å². The Morgan fingerprint density at radius 3 is 1.18 bits per heavy atom. The van der Waals surface area contributed by atoms with Gasteiger partial charge in [0.1, 0.15) is 23.0 Å². The first-order chi connectivity index (χ1) is 9.84. The molecule has 0 rings (SSSR count). The normalized spacial score (nSPS) is 14.2. The summed E-state index contributed by atoms with van der Waals surface area (Å²) >= 11 is 0. The summed E-state index contributed by atoms with van der Waals surface area (Å²) in [6.45, 7) is 0.543. The number of hydrogen-bond acceptors (Lipinski definition) is 4. The van der Waals surface area contributed by atoms with Crippen LogP contribution in [0.15, 0.2) is 9.98 Å². The lowest BCUT2D eigenvalue weighted by Gasteiger charge is -2.10. The van der Waals surface area contributed by atoms with Crippen molar-refractivity contribution in [1.29, 1.82) is 0 Å². The maximum atomic E-state index is 12.5. The third-order valence-corrected chi connectivity index (χ3v) is 2.19. The quantitative estimate of drug-likeness (QED) is 0.409. The molecule has 0 aromatic carbocycles. The summed E-state index contributed by atoms with van der Waals surface area (Å²) in [6.07, 6.45) is -11.6. The number of carbonyl (C=O) groups excluding carboxylic acids is 2. The van der Waals surface area contributed by atoms with E-state index in [-0.39, 0.29) is 0 Å². The largest absolute Gasteiger partial charge is 0.429 e. The number of ketones is 2. The topological polar surface area (TPSA) is 58.9 Å². The van der Waals surface area contributed by atoms with E-state index in [1.165, 1.54) is 0 Å². The maximum Gasteiger partial charge on any atom is 0.429 e. The second-order valence-corrected chi connectivity index (χ2v) is 4.41. The molecule has 0 N–H and O–H groups in total. The van der Waals surface area contributed by atoms with Gasteiger partial charge in [-0.3, -0.25) is 19.6 Å². The predicted octanol–water partition coefficient (Wildman–Crippen LogP) is 2.95. The van der Waals surface area contributed by atoms with Crippen molar-refractivity contribution in [3.05, 3.63) is 0 Å². The minimum absolute atomic E-state index is 0.667. The minimum Gasteiger partial charge on any atom is -0.300 e. The molecule has 0 spiro atoms. The van der Waals surface area contributed by atoms with Crippen LogP contribution < -0.4 is 0 Å². The fraction of sp³-hybridized carbons (Fsp3) is 0.667. The number of nitrogens with zero attached hydrogens (tertiary/aromatic N) is 2. The highest BCUT2D eigenvalue weighted by Gasteiger charge is 2.37. The van der Waals surface area contributed by atoms with Gasteiger partial charge in [0.05, 0.1) is 25.9 Å².